The molecule has 0 amide bonds. The number of nitrogens with zero attached hydrogens (tertiary/aromatic N) is 2. The molecule has 0 bridgehead atoms. The van der Waals surface area contributed by atoms with Crippen LogP contribution < -0.4 is 5.32 Å². The molecule has 12 heavy (non-hydrogen) atoms. The van der Waals surface area contributed by atoms with Crippen LogP contribution in [0.15, 0.2) is 6.20 Å². The zero-order valence-corrected chi connectivity index (χ0v) is 7.80. The lowest BCUT2D eigenvalue weighted by Gasteiger charge is -2.13. The Labute approximate surface area is 76.7 Å². The third kappa shape index (κ3) is 1.23. The predicted molar refractivity (Wildman–Crippen MR) is 48.5 cm³/mol. The second-order valence-electron chi connectivity index (χ2n) is 3.14. The summed E-state index contributed by atoms with van der Waals surface area (Å²) < 4.78 is 2.10. The third-order valence-corrected chi connectivity index (χ3v) is 2.62. The lowest BCUT2D eigenvalue weighted by molar-refractivity contribution is 0.534. The minimum atomic E-state index is 0.500. The average molecular weight is 186 g/mol. The zero-order chi connectivity index (χ0) is 8.55. The quantitative estimate of drug-likeness (QED) is 0.717. The van der Waals surface area contributed by atoms with Crippen LogP contribution in [-0.4, -0.2) is 22.6 Å². The highest BCUT2D eigenvalue weighted by Crippen LogP contribution is 2.22. The number of nitrogens with one attached hydrogen (secondary N) is 1. The molecule has 2 rings (SSSR count). The van der Waals surface area contributed by atoms with Crippen LogP contribution in [-0.2, 0) is 0 Å². The highest BCUT2D eigenvalue weighted by molar-refractivity contribution is 6.29. The van der Waals surface area contributed by atoms with E-state index in [0.717, 1.165) is 30.5 Å². The molecule has 1 atom stereocenters. The fourth-order valence-electron chi connectivity index (χ4n) is 1.72. The Morgan fingerprint density at radius 1 is 1.75 bits per heavy atom. The van der Waals surface area contributed by atoms with Gasteiger partial charge < -0.3 is 9.88 Å². The van der Waals surface area contributed by atoms with Gasteiger partial charge in [0.2, 0.25) is 0 Å². The lowest BCUT2D eigenvalue weighted by Crippen LogP contribution is -2.14. The molecule has 0 aromatic carbocycles. The largest absolute Gasteiger partial charge is 0.315 e. The maximum Gasteiger partial charge on any atom is 0.129 e. The molecule has 66 valence electrons. The summed E-state index contributed by atoms with van der Waals surface area (Å²) in [5.41, 5.74) is 0. The molecule has 1 N–H and O–H groups in total. The summed E-state index contributed by atoms with van der Waals surface area (Å²) in [6.07, 6.45) is 2.87. The SMILES string of the molecule is Cc1ncc(Cl)n1C1CCNC1. The number of hydrogen-bond donors (Lipinski definition) is 1. The van der Waals surface area contributed by atoms with Crippen LogP contribution in [0, 0.1) is 6.92 Å². The van der Waals surface area contributed by atoms with Gasteiger partial charge in [-0.25, -0.2) is 4.98 Å². The Balaban J connectivity index is 2.30. The van der Waals surface area contributed by atoms with E-state index in [1.54, 1.807) is 6.20 Å². The van der Waals surface area contributed by atoms with Crippen LogP contribution in [0.25, 0.3) is 0 Å². The monoisotopic (exact) mass is 185 g/mol. The molecule has 1 unspecified atom stereocenters. The first kappa shape index (κ1) is 8.08. The fourth-order valence-corrected chi connectivity index (χ4v) is 2.03. The normalized spacial score (nSPS) is 23.3. The Morgan fingerprint density at radius 2 is 2.58 bits per heavy atom. The van der Waals surface area contributed by atoms with Crippen molar-refractivity contribution in [3.8, 4) is 0 Å². The summed E-state index contributed by atoms with van der Waals surface area (Å²) in [4.78, 5) is 4.16. The molecule has 1 saturated heterocycles. The molecule has 3 nitrogen and oxygen atoms in total. The summed E-state index contributed by atoms with van der Waals surface area (Å²) in [6.45, 7) is 4.08. The number of imidazole rings is 1. The summed E-state index contributed by atoms with van der Waals surface area (Å²) in [5, 5.41) is 4.06. The number of halogens is 1. The van der Waals surface area contributed by atoms with Crippen LogP contribution in [0.1, 0.15) is 18.3 Å². The topological polar surface area (TPSA) is 29.9 Å². The molecule has 1 aromatic rings. The molecule has 1 aliphatic rings. The van der Waals surface area contributed by atoms with Crippen molar-refractivity contribution in [2.45, 2.75) is 19.4 Å². The van der Waals surface area contributed by atoms with E-state index < -0.39 is 0 Å². The fraction of sp³-hybridized carbons (Fsp3) is 0.625. The van der Waals surface area contributed by atoms with E-state index in [0.29, 0.717) is 6.04 Å². The van der Waals surface area contributed by atoms with Gasteiger partial charge in [0.15, 0.2) is 0 Å². The van der Waals surface area contributed by atoms with Crippen molar-refractivity contribution in [1.82, 2.24) is 14.9 Å². The number of rotatable bonds is 1. The Morgan fingerprint density at radius 3 is 3.08 bits per heavy atom. The molecular formula is C8H12ClN3. The number of aryl methyl sites for hydroxylation is 1. The number of aromatic nitrogens is 2. The summed E-state index contributed by atoms with van der Waals surface area (Å²) in [5.74, 6) is 1.01. The van der Waals surface area contributed by atoms with E-state index in [2.05, 4.69) is 14.9 Å². The van der Waals surface area contributed by atoms with E-state index in [4.69, 9.17) is 11.6 Å². The van der Waals surface area contributed by atoms with Gasteiger partial charge in [-0.2, -0.15) is 0 Å². The van der Waals surface area contributed by atoms with Gasteiger partial charge in [-0.05, 0) is 19.9 Å². The smallest absolute Gasteiger partial charge is 0.129 e. The predicted octanol–water partition coefficient (Wildman–Crippen LogP) is 1.38. The minimum Gasteiger partial charge on any atom is -0.315 e. The van der Waals surface area contributed by atoms with Crippen LogP contribution in [0.4, 0.5) is 0 Å². The first-order chi connectivity index (χ1) is 5.79. The van der Waals surface area contributed by atoms with E-state index in [1.807, 2.05) is 6.92 Å². The molecular weight excluding hydrogens is 174 g/mol. The van der Waals surface area contributed by atoms with Gasteiger partial charge in [-0.15, -0.1) is 0 Å². The van der Waals surface area contributed by atoms with Gasteiger partial charge in [0, 0.05) is 12.6 Å². The average Bonchev–Trinajstić information content (AvgIpc) is 2.61. The number of hydrogen-bond acceptors (Lipinski definition) is 2. The summed E-state index contributed by atoms with van der Waals surface area (Å²) >= 11 is 6.00. The van der Waals surface area contributed by atoms with Crippen molar-refractivity contribution in [3.63, 3.8) is 0 Å². The molecule has 0 spiro atoms. The molecule has 0 saturated carbocycles. The van der Waals surface area contributed by atoms with E-state index >= 15 is 0 Å². The van der Waals surface area contributed by atoms with Gasteiger partial charge in [-0.3, -0.25) is 0 Å². The van der Waals surface area contributed by atoms with Crippen molar-refractivity contribution in [3.05, 3.63) is 17.2 Å². The molecule has 0 radical (unpaired) electrons. The van der Waals surface area contributed by atoms with Crippen molar-refractivity contribution in [2.24, 2.45) is 0 Å². The van der Waals surface area contributed by atoms with Crippen molar-refractivity contribution >= 4 is 11.6 Å². The minimum absolute atomic E-state index is 0.500. The van der Waals surface area contributed by atoms with Crippen molar-refractivity contribution < 1.29 is 0 Å². The molecule has 2 heterocycles. The molecule has 4 heteroatoms. The van der Waals surface area contributed by atoms with Gasteiger partial charge in [-0.1, -0.05) is 11.6 Å². The van der Waals surface area contributed by atoms with Gasteiger partial charge >= 0.3 is 0 Å². The highest BCUT2D eigenvalue weighted by Gasteiger charge is 2.19. The van der Waals surface area contributed by atoms with Gasteiger partial charge in [0.1, 0.15) is 11.0 Å². The lowest BCUT2D eigenvalue weighted by atomic mass is 10.2. The first-order valence-corrected chi connectivity index (χ1v) is 4.57. The third-order valence-electron chi connectivity index (χ3n) is 2.34. The second kappa shape index (κ2) is 3.07. The Kier molecular flexibility index (Phi) is 2.07. The molecule has 1 aromatic heterocycles. The Hall–Kier alpha value is -0.540. The van der Waals surface area contributed by atoms with E-state index in [1.165, 1.54) is 0 Å². The maximum atomic E-state index is 6.00. The molecule has 0 aliphatic carbocycles. The molecule has 1 fully saturated rings. The zero-order valence-electron chi connectivity index (χ0n) is 7.05. The standard InChI is InChI=1S/C8H12ClN3/c1-6-11-5-8(9)12(6)7-2-3-10-4-7/h5,7,10H,2-4H2,1H3. The Bertz CT molecular complexity index is 256. The van der Waals surface area contributed by atoms with Crippen molar-refractivity contribution in [1.29, 1.82) is 0 Å². The van der Waals surface area contributed by atoms with Crippen molar-refractivity contribution in [2.75, 3.05) is 13.1 Å². The van der Waals surface area contributed by atoms with E-state index in [-0.39, 0.29) is 0 Å². The van der Waals surface area contributed by atoms with Gasteiger partial charge in [0.25, 0.3) is 0 Å². The van der Waals surface area contributed by atoms with Gasteiger partial charge in [0.05, 0.1) is 6.20 Å². The molecule has 1 aliphatic heterocycles. The van der Waals surface area contributed by atoms with E-state index in [9.17, 15) is 0 Å². The second-order valence-corrected chi connectivity index (χ2v) is 3.53. The van der Waals surface area contributed by atoms with Crippen LogP contribution in [0.3, 0.4) is 0 Å². The first-order valence-electron chi connectivity index (χ1n) is 4.19. The van der Waals surface area contributed by atoms with Crippen LogP contribution in [0.2, 0.25) is 5.15 Å². The summed E-state index contributed by atoms with van der Waals surface area (Å²) in [6, 6.07) is 0.500. The highest BCUT2D eigenvalue weighted by atomic mass is 35.5. The van der Waals surface area contributed by atoms with Crippen LogP contribution >= 0.6 is 11.6 Å². The summed E-state index contributed by atoms with van der Waals surface area (Å²) in [7, 11) is 0. The van der Waals surface area contributed by atoms with Crippen LogP contribution in [0.5, 0.6) is 0 Å². The maximum absolute atomic E-state index is 6.00.